The first-order chi connectivity index (χ1) is 7.65. The molecule has 0 radical (unpaired) electrons. The second-order valence-electron chi connectivity index (χ2n) is 4.21. The minimum Gasteiger partial charge on any atom is -0.358 e. The number of benzene rings is 1. The molecule has 1 N–H and O–H groups in total. The monoisotopic (exact) mass is 213 g/mol. The van der Waals surface area contributed by atoms with Gasteiger partial charge in [0.2, 0.25) is 0 Å². The van der Waals surface area contributed by atoms with Gasteiger partial charge < -0.3 is 9.88 Å². The maximum atomic E-state index is 9.24. The molecule has 1 aromatic heterocycles. The number of hydrogen-bond donors (Lipinski definition) is 1. The van der Waals surface area contributed by atoms with Crippen molar-refractivity contribution in [2.24, 2.45) is 0 Å². The van der Waals surface area contributed by atoms with E-state index in [0.29, 0.717) is 6.04 Å². The van der Waals surface area contributed by atoms with Gasteiger partial charge in [-0.3, -0.25) is 0 Å². The van der Waals surface area contributed by atoms with Gasteiger partial charge in [-0.2, -0.15) is 5.26 Å². The van der Waals surface area contributed by atoms with Gasteiger partial charge in [0.05, 0.1) is 0 Å². The number of aromatic nitrogens is 1. The fourth-order valence-corrected chi connectivity index (χ4v) is 1.76. The molecular weight excluding hydrogens is 198 g/mol. The van der Waals surface area contributed by atoms with Crippen LogP contribution in [0, 0.1) is 11.3 Å². The average Bonchev–Trinajstić information content (AvgIpc) is 2.65. The maximum absolute atomic E-state index is 9.24. The first-order valence-corrected chi connectivity index (χ1v) is 5.38. The Labute approximate surface area is 95.3 Å². The summed E-state index contributed by atoms with van der Waals surface area (Å²) < 4.78 is 0. The number of fused-ring (bicyclic) bond motifs is 1. The number of hydrogen-bond acceptors (Lipinski definition) is 2. The lowest BCUT2D eigenvalue weighted by Crippen LogP contribution is -2.26. The van der Waals surface area contributed by atoms with E-state index >= 15 is 0 Å². The fourth-order valence-electron chi connectivity index (χ4n) is 1.76. The van der Waals surface area contributed by atoms with E-state index in [-0.39, 0.29) is 0 Å². The van der Waals surface area contributed by atoms with E-state index in [2.05, 4.69) is 29.8 Å². The Morgan fingerprint density at radius 2 is 2.00 bits per heavy atom. The first kappa shape index (κ1) is 10.6. The van der Waals surface area contributed by atoms with Crippen molar-refractivity contribution in [3.05, 3.63) is 29.8 Å². The second kappa shape index (κ2) is 3.90. The molecule has 1 aromatic carbocycles. The third kappa shape index (κ3) is 1.53. The number of anilines is 1. The molecule has 0 unspecified atom stereocenters. The van der Waals surface area contributed by atoms with Gasteiger partial charge in [-0.05, 0) is 19.9 Å². The second-order valence-corrected chi connectivity index (χ2v) is 4.21. The van der Waals surface area contributed by atoms with Crippen LogP contribution in [0.5, 0.6) is 0 Å². The summed E-state index contributed by atoms with van der Waals surface area (Å²) >= 11 is 0. The van der Waals surface area contributed by atoms with E-state index in [1.165, 1.54) is 0 Å². The van der Waals surface area contributed by atoms with Crippen LogP contribution in [-0.4, -0.2) is 18.1 Å². The summed E-state index contributed by atoms with van der Waals surface area (Å²) in [6, 6.07) is 10.5. The van der Waals surface area contributed by atoms with E-state index in [4.69, 9.17) is 0 Å². The molecule has 0 aliphatic rings. The number of rotatable bonds is 2. The van der Waals surface area contributed by atoms with Gasteiger partial charge in [0.25, 0.3) is 0 Å². The zero-order valence-corrected chi connectivity index (χ0v) is 9.78. The molecule has 3 heteroatoms. The molecule has 16 heavy (non-hydrogen) atoms. The summed E-state index contributed by atoms with van der Waals surface area (Å²) in [7, 11) is 2.00. The molecule has 3 nitrogen and oxygen atoms in total. The number of para-hydroxylation sites is 1. The summed E-state index contributed by atoms with van der Waals surface area (Å²) in [6.45, 7) is 4.21. The fraction of sp³-hybridized carbons (Fsp3) is 0.308. The van der Waals surface area contributed by atoms with Crippen LogP contribution in [0.2, 0.25) is 0 Å². The van der Waals surface area contributed by atoms with E-state index < -0.39 is 0 Å². The van der Waals surface area contributed by atoms with Crippen molar-refractivity contribution in [2.75, 3.05) is 11.9 Å². The normalized spacial score (nSPS) is 10.7. The zero-order chi connectivity index (χ0) is 11.7. The van der Waals surface area contributed by atoms with Crippen molar-refractivity contribution in [3.8, 4) is 6.07 Å². The molecule has 0 aliphatic carbocycles. The Morgan fingerprint density at radius 1 is 1.31 bits per heavy atom. The Bertz CT molecular complexity index is 546. The van der Waals surface area contributed by atoms with Crippen LogP contribution in [0.1, 0.15) is 19.4 Å². The molecule has 0 fully saturated rings. The van der Waals surface area contributed by atoms with Gasteiger partial charge in [0, 0.05) is 24.0 Å². The topological polar surface area (TPSA) is 42.8 Å². The van der Waals surface area contributed by atoms with Crippen molar-refractivity contribution < 1.29 is 0 Å². The molecule has 82 valence electrons. The molecule has 0 spiro atoms. The molecule has 2 rings (SSSR count). The van der Waals surface area contributed by atoms with E-state index in [1.807, 2.05) is 31.3 Å². The molecule has 0 saturated carbocycles. The van der Waals surface area contributed by atoms with Crippen LogP contribution in [-0.2, 0) is 0 Å². The van der Waals surface area contributed by atoms with Gasteiger partial charge in [0.15, 0.2) is 0 Å². The third-order valence-corrected chi connectivity index (χ3v) is 2.93. The highest BCUT2D eigenvalue weighted by atomic mass is 15.2. The zero-order valence-electron chi connectivity index (χ0n) is 9.78. The summed E-state index contributed by atoms with van der Waals surface area (Å²) in [6.07, 6.45) is 0. The number of nitrogens with zero attached hydrogens (tertiary/aromatic N) is 2. The van der Waals surface area contributed by atoms with Crippen molar-refractivity contribution in [3.63, 3.8) is 0 Å². The quantitative estimate of drug-likeness (QED) is 0.833. The van der Waals surface area contributed by atoms with Crippen LogP contribution in [0.3, 0.4) is 0 Å². The molecule has 0 saturated heterocycles. The molecule has 0 bridgehead atoms. The van der Waals surface area contributed by atoms with Crippen LogP contribution < -0.4 is 4.90 Å². The summed E-state index contributed by atoms with van der Waals surface area (Å²) in [5.41, 5.74) is 1.74. The van der Waals surface area contributed by atoms with E-state index in [9.17, 15) is 5.26 Å². The average molecular weight is 213 g/mol. The predicted molar refractivity (Wildman–Crippen MR) is 66.6 cm³/mol. The van der Waals surface area contributed by atoms with Gasteiger partial charge in [0.1, 0.15) is 17.5 Å². The molecule has 1 heterocycles. The lowest BCUT2D eigenvalue weighted by Gasteiger charge is -2.22. The minimum atomic E-state index is 0.361. The minimum absolute atomic E-state index is 0.361. The van der Waals surface area contributed by atoms with Crippen molar-refractivity contribution in [2.45, 2.75) is 19.9 Å². The largest absolute Gasteiger partial charge is 0.358 e. The Morgan fingerprint density at radius 3 is 2.62 bits per heavy atom. The smallest absolute Gasteiger partial charge is 0.125 e. The molecule has 0 amide bonds. The van der Waals surface area contributed by atoms with Crippen LogP contribution in [0.25, 0.3) is 10.9 Å². The lowest BCUT2D eigenvalue weighted by molar-refractivity contribution is 0.746. The molecule has 0 aliphatic heterocycles. The van der Waals surface area contributed by atoms with E-state index in [1.54, 1.807) is 0 Å². The maximum Gasteiger partial charge on any atom is 0.125 e. The molecular formula is C13H15N3. The van der Waals surface area contributed by atoms with Crippen molar-refractivity contribution in [1.82, 2.24) is 4.98 Å². The van der Waals surface area contributed by atoms with E-state index in [0.717, 1.165) is 22.3 Å². The van der Waals surface area contributed by atoms with Gasteiger partial charge in [-0.1, -0.05) is 18.2 Å². The van der Waals surface area contributed by atoms with Crippen molar-refractivity contribution in [1.29, 1.82) is 5.26 Å². The summed E-state index contributed by atoms with van der Waals surface area (Å²) in [5.74, 6) is 0.902. The highest BCUT2D eigenvalue weighted by Crippen LogP contribution is 2.28. The van der Waals surface area contributed by atoms with Crippen LogP contribution in [0.15, 0.2) is 24.3 Å². The highest BCUT2D eigenvalue weighted by molar-refractivity contribution is 5.91. The third-order valence-electron chi connectivity index (χ3n) is 2.93. The number of H-pyrrole nitrogens is 1. The standard InChI is InChI=1S/C13H15N3/c1-9(2)16(3)13-11(8-14)10-6-4-5-7-12(10)15-13/h4-7,9,15H,1-3H3. The summed E-state index contributed by atoms with van der Waals surface area (Å²) in [4.78, 5) is 5.38. The van der Waals surface area contributed by atoms with Crippen LogP contribution >= 0.6 is 0 Å². The summed E-state index contributed by atoms with van der Waals surface area (Å²) in [5, 5.41) is 10.2. The Balaban J connectivity index is 2.67. The van der Waals surface area contributed by atoms with Crippen LogP contribution in [0.4, 0.5) is 5.82 Å². The SMILES string of the molecule is CC(C)N(C)c1[nH]c2ccccc2c1C#N. The van der Waals surface area contributed by atoms with Gasteiger partial charge in [-0.25, -0.2) is 0 Å². The van der Waals surface area contributed by atoms with Crippen molar-refractivity contribution >= 4 is 16.7 Å². The lowest BCUT2D eigenvalue weighted by atomic mass is 10.2. The number of nitriles is 1. The number of aromatic amines is 1. The molecule has 0 atom stereocenters. The van der Waals surface area contributed by atoms with Gasteiger partial charge >= 0.3 is 0 Å². The number of nitrogens with one attached hydrogen (secondary N) is 1. The predicted octanol–water partition coefficient (Wildman–Crippen LogP) is 2.88. The molecule has 2 aromatic rings. The van der Waals surface area contributed by atoms with Gasteiger partial charge in [-0.15, -0.1) is 0 Å². The Hall–Kier alpha value is -1.95. The highest BCUT2D eigenvalue weighted by Gasteiger charge is 2.15. The Kier molecular flexibility index (Phi) is 2.57. The first-order valence-electron chi connectivity index (χ1n) is 5.38.